The molecule has 0 saturated heterocycles. The number of hydrogen-bond acceptors (Lipinski definition) is 15. The minimum atomic E-state index is -4.96. The van der Waals surface area contributed by atoms with Crippen LogP contribution in [0.25, 0.3) is 0 Å². The van der Waals surface area contributed by atoms with E-state index in [4.69, 9.17) is 37.0 Å². The van der Waals surface area contributed by atoms with E-state index in [0.29, 0.717) is 25.7 Å². The number of esters is 4. The zero-order valence-corrected chi connectivity index (χ0v) is 63.4. The molecule has 0 spiro atoms. The third-order valence-corrected chi connectivity index (χ3v) is 19.8. The molecule has 0 saturated carbocycles. The summed E-state index contributed by atoms with van der Waals surface area (Å²) in [7, 11) is -9.91. The second kappa shape index (κ2) is 70.5. The van der Waals surface area contributed by atoms with Crippen molar-refractivity contribution >= 4 is 39.5 Å². The van der Waals surface area contributed by atoms with Gasteiger partial charge in [-0.25, -0.2) is 9.13 Å². The van der Waals surface area contributed by atoms with Crippen LogP contribution >= 0.6 is 15.6 Å². The Kier molecular flexibility index (Phi) is 69.1. The van der Waals surface area contributed by atoms with Gasteiger partial charge in [0.05, 0.1) is 26.4 Å². The Labute approximate surface area is 581 Å². The van der Waals surface area contributed by atoms with Crippen LogP contribution in [-0.2, 0) is 65.4 Å². The van der Waals surface area contributed by atoms with Crippen molar-refractivity contribution in [1.29, 1.82) is 0 Å². The van der Waals surface area contributed by atoms with Crippen LogP contribution in [0.5, 0.6) is 0 Å². The standard InChI is InChI=1S/C76H148O17P2/c1-5-9-13-17-21-25-28-31-33-35-37-39-42-45-49-53-57-61-74(79)87-67-72(93-76(81)63-59-55-51-47-43-40-38-36-34-32-29-26-22-18-14-10-6-2)69-91-95(84,85)89-65-70(77)64-88-94(82,83)90-68-71(66-86-73(78)60-56-52-48-44-24-20-16-12-8-4)92-75(80)62-58-54-50-46-41-30-27-23-19-15-11-7-3/h70-72,77H,5-69H2,1-4H3,(H,82,83)(H,84,85)/t70-,71+,72+/m0/s1. The lowest BCUT2D eigenvalue weighted by molar-refractivity contribution is -0.161. The highest BCUT2D eigenvalue weighted by Gasteiger charge is 2.30. The highest BCUT2D eigenvalue weighted by atomic mass is 31.2. The molecule has 95 heavy (non-hydrogen) atoms. The lowest BCUT2D eigenvalue weighted by atomic mass is 10.0. The van der Waals surface area contributed by atoms with Crippen molar-refractivity contribution in [3.8, 4) is 0 Å². The summed E-state index contributed by atoms with van der Waals surface area (Å²) in [5.74, 6) is -2.11. The summed E-state index contributed by atoms with van der Waals surface area (Å²) >= 11 is 0. The fourth-order valence-corrected chi connectivity index (χ4v) is 13.3. The van der Waals surface area contributed by atoms with Crippen molar-refractivity contribution in [2.45, 2.75) is 425 Å². The molecule has 0 aliphatic heterocycles. The molecule has 0 aromatic heterocycles. The van der Waals surface area contributed by atoms with E-state index < -0.39 is 97.5 Å². The van der Waals surface area contributed by atoms with Gasteiger partial charge in [-0.05, 0) is 25.7 Å². The number of hydrogen-bond donors (Lipinski definition) is 3. The van der Waals surface area contributed by atoms with Crippen LogP contribution in [0.15, 0.2) is 0 Å². The number of unbranched alkanes of at least 4 members (excludes halogenated alkanes) is 51. The van der Waals surface area contributed by atoms with Gasteiger partial charge in [0.2, 0.25) is 0 Å². The predicted octanol–water partition coefficient (Wildman–Crippen LogP) is 22.6. The lowest BCUT2D eigenvalue weighted by Crippen LogP contribution is -2.30. The van der Waals surface area contributed by atoms with Gasteiger partial charge in [0.1, 0.15) is 19.3 Å². The maximum atomic E-state index is 13.1. The van der Waals surface area contributed by atoms with Crippen LogP contribution in [0.1, 0.15) is 407 Å². The Morgan fingerprint density at radius 1 is 0.253 bits per heavy atom. The summed E-state index contributed by atoms with van der Waals surface area (Å²) in [6, 6.07) is 0. The maximum absolute atomic E-state index is 13.1. The average molecular weight is 1400 g/mol. The topological polar surface area (TPSA) is 237 Å². The van der Waals surface area contributed by atoms with Crippen molar-refractivity contribution in [1.82, 2.24) is 0 Å². The second-order valence-corrected chi connectivity index (χ2v) is 30.3. The van der Waals surface area contributed by atoms with Crippen LogP contribution in [-0.4, -0.2) is 96.7 Å². The van der Waals surface area contributed by atoms with E-state index in [-0.39, 0.29) is 25.7 Å². The van der Waals surface area contributed by atoms with Crippen molar-refractivity contribution in [3.05, 3.63) is 0 Å². The number of aliphatic hydroxyl groups is 1. The normalized spacial score (nSPS) is 13.9. The quantitative estimate of drug-likeness (QED) is 0.0222. The summed E-state index contributed by atoms with van der Waals surface area (Å²) < 4.78 is 68.5. The highest BCUT2D eigenvalue weighted by molar-refractivity contribution is 7.47. The van der Waals surface area contributed by atoms with Gasteiger partial charge >= 0.3 is 39.5 Å². The zero-order valence-electron chi connectivity index (χ0n) is 61.6. The SMILES string of the molecule is CCCCCCCCCCCCCCCCCCCC(=O)OC[C@H](COP(=O)(O)OC[C@@H](O)COP(=O)(O)OC[C@@H](COC(=O)CCCCCCCCCCC)OC(=O)CCCCCCCCCCCCCC)OC(=O)CCCCCCCCCCCCCCCCCCC. The molecule has 2 unspecified atom stereocenters. The average Bonchev–Trinajstić information content (AvgIpc) is 1.99. The number of phosphoric ester groups is 2. The van der Waals surface area contributed by atoms with Gasteiger partial charge in [0.15, 0.2) is 12.2 Å². The number of carbonyl (C=O) groups is 4. The third-order valence-electron chi connectivity index (χ3n) is 17.9. The number of aliphatic hydroxyl groups excluding tert-OH is 1. The minimum Gasteiger partial charge on any atom is -0.462 e. The molecule has 564 valence electrons. The Bertz CT molecular complexity index is 1810. The van der Waals surface area contributed by atoms with E-state index in [1.54, 1.807) is 0 Å². The van der Waals surface area contributed by atoms with Crippen molar-refractivity contribution in [2.75, 3.05) is 39.6 Å². The van der Waals surface area contributed by atoms with E-state index in [0.717, 1.165) is 89.9 Å². The number of rotatable bonds is 77. The monoisotopic (exact) mass is 1400 g/mol. The molecular weight excluding hydrogens is 1250 g/mol. The molecule has 3 N–H and O–H groups in total. The minimum absolute atomic E-state index is 0.108. The molecule has 0 fully saturated rings. The smallest absolute Gasteiger partial charge is 0.462 e. The summed E-state index contributed by atoms with van der Waals surface area (Å²) in [4.78, 5) is 72.8. The van der Waals surface area contributed by atoms with E-state index in [1.807, 2.05) is 0 Å². The molecule has 0 heterocycles. The molecule has 0 aliphatic rings. The molecular formula is C76H148O17P2. The highest BCUT2D eigenvalue weighted by Crippen LogP contribution is 2.45. The van der Waals surface area contributed by atoms with Crippen LogP contribution in [0, 0.1) is 0 Å². The molecule has 0 rings (SSSR count). The predicted molar refractivity (Wildman–Crippen MR) is 386 cm³/mol. The summed E-state index contributed by atoms with van der Waals surface area (Å²) in [6.07, 6.45) is 61.0. The molecule has 0 aromatic rings. The zero-order chi connectivity index (χ0) is 69.7. The molecule has 5 atom stereocenters. The first kappa shape index (κ1) is 93.1. The van der Waals surface area contributed by atoms with Gasteiger partial charge in [-0.3, -0.25) is 37.3 Å². The number of carbonyl (C=O) groups excluding carboxylic acids is 4. The molecule has 19 heteroatoms. The van der Waals surface area contributed by atoms with E-state index in [2.05, 4.69) is 27.7 Å². The number of phosphoric acid groups is 2. The molecule has 0 amide bonds. The van der Waals surface area contributed by atoms with Crippen LogP contribution in [0.3, 0.4) is 0 Å². The first-order valence-corrected chi connectivity index (χ1v) is 42.8. The molecule has 0 radical (unpaired) electrons. The summed E-state index contributed by atoms with van der Waals surface area (Å²) in [6.45, 7) is 4.98. The van der Waals surface area contributed by atoms with Gasteiger partial charge in [-0.1, -0.05) is 355 Å². The van der Waals surface area contributed by atoms with Crippen molar-refractivity contribution in [3.63, 3.8) is 0 Å². The molecule has 0 aromatic carbocycles. The van der Waals surface area contributed by atoms with Gasteiger partial charge in [0.25, 0.3) is 0 Å². The lowest BCUT2D eigenvalue weighted by Gasteiger charge is -2.21. The van der Waals surface area contributed by atoms with E-state index >= 15 is 0 Å². The Morgan fingerprint density at radius 2 is 0.421 bits per heavy atom. The Balaban J connectivity index is 5.22. The van der Waals surface area contributed by atoms with E-state index in [9.17, 15) is 43.2 Å². The maximum Gasteiger partial charge on any atom is 0.472 e. The van der Waals surface area contributed by atoms with Gasteiger partial charge < -0.3 is 33.8 Å². The second-order valence-electron chi connectivity index (χ2n) is 27.4. The largest absolute Gasteiger partial charge is 0.472 e. The molecule has 17 nitrogen and oxygen atoms in total. The fraction of sp³-hybridized carbons (Fsp3) is 0.947. The van der Waals surface area contributed by atoms with Crippen molar-refractivity contribution in [2.24, 2.45) is 0 Å². The fourth-order valence-electron chi connectivity index (χ4n) is 11.8. The Morgan fingerprint density at radius 3 is 0.621 bits per heavy atom. The molecule has 0 bridgehead atoms. The summed E-state index contributed by atoms with van der Waals surface area (Å²) in [5, 5.41) is 10.6. The van der Waals surface area contributed by atoms with Crippen molar-refractivity contribution < 1.29 is 80.2 Å². The Hall–Kier alpha value is -1.94. The first-order chi connectivity index (χ1) is 46.2. The van der Waals surface area contributed by atoms with Crippen LogP contribution < -0.4 is 0 Å². The summed E-state index contributed by atoms with van der Waals surface area (Å²) in [5.41, 5.74) is 0. The van der Waals surface area contributed by atoms with Gasteiger partial charge in [-0.15, -0.1) is 0 Å². The first-order valence-electron chi connectivity index (χ1n) is 39.8. The van der Waals surface area contributed by atoms with Gasteiger partial charge in [0, 0.05) is 25.7 Å². The number of ether oxygens (including phenoxy) is 4. The third kappa shape index (κ3) is 70.3. The van der Waals surface area contributed by atoms with Crippen LogP contribution in [0.4, 0.5) is 0 Å². The molecule has 0 aliphatic carbocycles. The van der Waals surface area contributed by atoms with Crippen LogP contribution in [0.2, 0.25) is 0 Å². The van der Waals surface area contributed by atoms with Gasteiger partial charge in [-0.2, -0.15) is 0 Å². The van der Waals surface area contributed by atoms with E-state index in [1.165, 1.54) is 238 Å².